The monoisotopic (exact) mass is 300 g/mol. The number of sulfonamides is 1. The van der Waals surface area contributed by atoms with Gasteiger partial charge in [0.1, 0.15) is 6.29 Å². The zero-order chi connectivity index (χ0) is 15.3. The Morgan fingerprint density at radius 2 is 1.86 bits per heavy atom. The number of carbonyl (C=O) groups excluding carboxylic acids is 1. The van der Waals surface area contributed by atoms with Crippen LogP contribution in [-0.4, -0.2) is 14.7 Å². The van der Waals surface area contributed by atoms with Crippen molar-refractivity contribution in [1.82, 2.24) is 0 Å². The van der Waals surface area contributed by atoms with E-state index in [1.165, 1.54) is 6.07 Å². The molecule has 0 fully saturated rings. The summed E-state index contributed by atoms with van der Waals surface area (Å²) in [4.78, 5) is 10.7. The minimum absolute atomic E-state index is 0.204. The smallest absolute Gasteiger partial charge is 0.236 e. The van der Waals surface area contributed by atoms with Crippen molar-refractivity contribution in [3.05, 3.63) is 65.2 Å². The first-order valence-corrected chi connectivity index (χ1v) is 7.72. The van der Waals surface area contributed by atoms with Gasteiger partial charge in [0.15, 0.2) is 0 Å². The summed E-state index contributed by atoms with van der Waals surface area (Å²) >= 11 is 0. The Morgan fingerprint density at radius 1 is 1.14 bits per heavy atom. The number of rotatable bonds is 5. The van der Waals surface area contributed by atoms with Gasteiger partial charge in [-0.05, 0) is 29.8 Å². The van der Waals surface area contributed by atoms with E-state index in [1.807, 2.05) is 6.07 Å². The van der Waals surface area contributed by atoms with Crippen molar-refractivity contribution in [2.75, 3.05) is 4.72 Å². The van der Waals surface area contributed by atoms with Crippen molar-refractivity contribution in [1.29, 1.82) is 5.26 Å². The zero-order valence-electron chi connectivity index (χ0n) is 11.0. The third-order valence-corrected chi connectivity index (χ3v) is 4.00. The summed E-state index contributed by atoms with van der Waals surface area (Å²) < 4.78 is 26.5. The SMILES string of the molecule is N#Cc1ccc(CS(=O)(=O)Nc2cccc(C=O)c2)cc1. The van der Waals surface area contributed by atoms with Crippen LogP contribution in [0.1, 0.15) is 21.5 Å². The molecule has 0 aromatic heterocycles. The van der Waals surface area contributed by atoms with E-state index >= 15 is 0 Å². The maximum atomic E-state index is 12.1. The Kier molecular flexibility index (Phi) is 4.36. The lowest BCUT2D eigenvalue weighted by Crippen LogP contribution is -2.15. The van der Waals surface area contributed by atoms with E-state index in [2.05, 4.69) is 4.72 Å². The predicted octanol–water partition coefficient (Wildman–Crippen LogP) is 2.31. The lowest BCUT2D eigenvalue weighted by molar-refractivity contribution is 0.112. The fourth-order valence-electron chi connectivity index (χ4n) is 1.79. The molecule has 2 aromatic rings. The van der Waals surface area contributed by atoms with Crippen molar-refractivity contribution >= 4 is 22.0 Å². The molecule has 0 amide bonds. The summed E-state index contributed by atoms with van der Waals surface area (Å²) in [6, 6.07) is 14.5. The standard InChI is InChI=1S/C15H12N2O3S/c16-9-12-4-6-13(7-5-12)11-21(19,20)17-15-3-1-2-14(8-15)10-18/h1-8,10,17H,11H2. The zero-order valence-corrected chi connectivity index (χ0v) is 11.8. The van der Waals surface area contributed by atoms with Crippen LogP contribution in [0.5, 0.6) is 0 Å². The fraction of sp³-hybridized carbons (Fsp3) is 0.0667. The molecule has 2 rings (SSSR count). The van der Waals surface area contributed by atoms with Crippen LogP contribution in [0.15, 0.2) is 48.5 Å². The van der Waals surface area contributed by atoms with Gasteiger partial charge in [0.05, 0.1) is 17.4 Å². The molecule has 0 aliphatic rings. The molecule has 0 atom stereocenters. The number of carbonyl (C=O) groups is 1. The highest BCUT2D eigenvalue weighted by Gasteiger charge is 2.12. The second kappa shape index (κ2) is 6.20. The summed E-state index contributed by atoms with van der Waals surface area (Å²) in [5, 5.41) is 8.70. The molecule has 0 aliphatic carbocycles. The molecule has 0 heterocycles. The summed E-state index contributed by atoms with van der Waals surface area (Å²) in [5.41, 5.74) is 1.79. The normalized spacial score (nSPS) is 10.6. The van der Waals surface area contributed by atoms with E-state index < -0.39 is 10.0 Å². The van der Waals surface area contributed by atoms with Gasteiger partial charge >= 0.3 is 0 Å². The van der Waals surface area contributed by atoms with Crippen LogP contribution in [0.4, 0.5) is 5.69 Å². The van der Waals surface area contributed by atoms with Gasteiger partial charge in [-0.15, -0.1) is 0 Å². The van der Waals surface area contributed by atoms with E-state index in [4.69, 9.17) is 5.26 Å². The lowest BCUT2D eigenvalue weighted by atomic mass is 10.2. The number of nitrogens with one attached hydrogen (secondary N) is 1. The summed E-state index contributed by atoms with van der Waals surface area (Å²) in [6.45, 7) is 0. The van der Waals surface area contributed by atoms with Crippen LogP contribution in [-0.2, 0) is 15.8 Å². The van der Waals surface area contributed by atoms with Crippen LogP contribution in [0.2, 0.25) is 0 Å². The Balaban J connectivity index is 2.14. The maximum absolute atomic E-state index is 12.1. The maximum Gasteiger partial charge on any atom is 0.236 e. The van der Waals surface area contributed by atoms with Crippen LogP contribution in [0.3, 0.4) is 0 Å². The summed E-state index contributed by atoms with van der Waals surface area (Å²) in [5.74, 6) is -0.204. The fourth-order valence-corrected chi connectivity index (χ4v) is 2.98. The van der Waals surface area contributed by atoms with Gasteiger partial charge in [-0.25, -0.2) is 8.42 Å². The van der Waals surface area contributed by atoms with Crippen molar-refractivity contribution in [3.63, 3.8) is 0 Å². The molecule has 0 aliphatic heterocycles. The first kappa shape index (κ1) is 14.8. The molecule has 0 unspecified atom stereocenters. The number of hydrogen-bond acceptors (Lipinski definition) is 4. The Labute approximate surface area is 122 Å². The van der Waals surface area contributed by atoms with Gasteiger partial charge in [-0.2, -0.15) is 5.26 Å². The second-order valence-electron chi connectivity index (χ2n) is 4.41. The van der Waals surface area contributed by atoms with Gasteiger partial charge < -0.3 is 0 Å². The highest BCUT2D eigenvalue weighted by atomic mass is 32.2. The van der Waals surface area contributed by atoms with E-state index in [0.717, 1.165) is 0 Å². The highest BCUT2D eigenvalue weighted by Crippen LogP contribution is 2.14. The van der Waals surface area contributed by atoms with Crippen molar-refractivity contribution < 1.29 is 13.2 Å². The molecule has 0 saturated carbocycles. The Bertz CT molecular complexity index is 790. The topological polar surface area (TPSA) is 87.0 Å². The number of nitrogens with zero attached hydrogens (tertiary/aromatic N) is 1. The molecule has 0 bridgehead atoms. The summed E-state index contributed by atoms with van der Waals surface area (Å²) in [6.07, 6.45) is 0.651. The minimum Gasteiger partial charge on any atom is -0.298 e. The third kappa shape index (κ3) is 4.16. The number of nitriles is 1. The third-order valence-electron chi connectivity index (χ3n) is 2.74. The van der Waals surface area contributed by atoms with Crippen molar-refractivity contribution in [2.24, 2.45) is 0 Å². The number of anilines is 1. The van der Waals surface area contributed by atoms with Crippen LogP contribution >= 0.6 is 0 Å². The predicted molar refractivity (Wildman–Crippen MR) is 79.2 cm³/mol. The quantitative estimate of drug-likeness (QED) is 0.858. The molecule has 0 saturated heterocycles. The molecular formula is C15H12N2O3S. The van der Waals surface area contributed by atoms with Gasteiger partial charge in [0, 0.05) is 11.3 Å². The molecule has 0 radical (unpaired) electrons. The Morgan fingerprint density at radius 3 is 2.48 bits per heavy atom. The molecule has 21 heavy (non-hydrogen) atoms. The first-order valence-electron chi connectivity index (χ1n) is 6.07. The van der Waals surface area contributed by atoms with E-state index in [0.29, 0.717) is 28.7 Å². The minimum atomic E-state index is -3.58. The lowest BCUT2D eigenvalue weighted by Gasteiger charge is -2.08. The second-order valence-corrected chi connectivity index (χ2v) is 6.14. The van der Waals surface area contributed by atoms with Crippen molar-refractivity contribution in [2.45, 2.75) is 5.75 Å². The molecule has 1 N–H and O–H groups in total. The van der Waals surface area contributed by atoms with Crippen LogP contribution < -0.4 is 4.72 Å². The average Bonchev–Trinajstić information content (AvgIpc) is 2.47. The van der Waals surface area contributed by atoms with Crippen LogP contribution in [0.25, 0.3) is 0 Å². The highest BCUT2D eigenvalue weighted by molar-refractivity contribution is 7.91. The van der Waals surface area contributed by atoms with Gasteiger partial charge in [0.25, 0.3) is 0 Å². The van der Waals surface area contributed by atoms with Gasteiger partial charge in [0.2, 0.25) is 10.0 Å². The number of hydrogen-bond donors (Lipinski definition) is 1. The number of benzene rings is 2. The first-order chi connectivity index (χ1) is 10.0. The van der Waals surface area contributed by atoms with Crippen molar-refractivity contribution in [3.8, 4) is 6.07 Å². The number of aldehydes is 1. The van der Waals surface area contributed by atoms with Crippen LogP contribution in [0, 0.1) is 11.3 Å². The molecule has 5 nitrogen and oxygen atoms in total. The average molecular weight is 300 g/mol. The largest absolute Gasteiger partial charge is 0.298 e. The van der Waals surface area contributed by atoms with E-state index in [1.54, 1.807) is 42.5 Å². The molecule has 2 aromatic carbocycles. The molecular weight excluding hydrogens is 288 g/mol. The Hall–Kier alpha value is -2.65. The summed E-state index contributed by atoms with van der Waals surface area (Å²) in [7, 11) is -3.58. The van der Waals surface area contributed by atoms with Gasteiger partial charge in [-0.1, -0.05) is 24.3 Å². The van der Waals surface area contributed by atoms with E-state index in [9.17, 15) is 13.2 Å². The molecule has 106 valence electrons. The van der Waals surface area contributed by atoms with E-state index in [-0.39, 0.29) is 5.75 Å². The van der Waals surface area contributed by atoms with Gasteiger partial charge in [-0.3, -0.25) is 9.52 Å². The molecule has 0 spiro atoms. The molecule has 6 heteroatoms.